The van der Waals surface area contributed by atoms with Crippen molar-refractivity contribution in [2.75, 3.05) is 6.61 Å². The predicted octanol–water partition coefficient (Wildman–Crippen LogP) is 2.84. The van der Waals surface area contributed by atoms with E-state index in [1.807, 2.05) is 13.8 Å². The molecule has 0 spiro atoms. The van der Waals surface area contributed by atoms with Crippen molar-refractivity contribution in [3.05, 3.63) is 30.1 Å². The highest BCUT2D eigenvalue weighted by atomic mass is 28.4. The first-order valence-electron chi connectivity index (χ1n) is 11.7. The van der Waals surface area contributed by atoms with Crippen LogP contribution in [0.25, 0.3) is 0 Å². The van der Waals surface area contributed by atoms with Crippen LogP contribution in [0.2, 0.25) is 18.1 Å². The van der Waals surface area contributed by atoms with Crippen molar-refractivity contribution >= 4 is 26.0 Å². The van der Waals surface area contributed by atoms with Crippen molar-refractivity contribution in [1.29, 1.82) is 0 Å². The number of rotatable bonds is 11. The average molecular weight is 494 g/mol. The first-order valence-corrected chi connectivity index (χ1v) is 14.6. The molecule has 0 radical (unpaired) electrons. The average Bonchev–Trinajstić information content (AvgIpc) is 3.11. The lowest BCUT2D eigenvalue weighted by atomic mass is 9.80. The Hall–Kier alpha value is -2.30. The summed E-state index contributed by atoms with van der Waals surface area (Å²) in [6, 6.07) is 1.00. The Morgan fingerprint density at radius 3 is 2.47 bits per heavy atom. The van der Waals surface area contributed by atoms with Crippen LogP contribution in [-0.4, -0.2) is 70.7 Å². The number of ether oxygens (including phenoxy) is 1. The van der Waals surface area contributed by atoms with Gasteiger partial charge < -0.3 is 19.2 Å². The van der Waals surface area contributed by atoms with Gasteiger partial charge in [-0.2, -0.15) is 5.10 Å². The minimum Gasteiger partial charge on any atom is -0.458 e. The zero-order valence-electron chi connectivity index (χ0n) is 21.6. The highest BCUT2D eigenvalue weighted by Gasteiger charge is 2.56. The third-order valence-electron chi connectivity index (χ3n) is 6.94. The van der Waals surface area contributed by atoms with Gasteiger partial charge in [0, 0.05) is 19.2 Å². The van der Waals surface area contributed by atoms with Crippen molar-refractivity contribution in [3.63, 3.8) is 0 Å². The van der Waals surface area contributed by atoms with Gasteiger partial charge in [-0.05, 0) is 37.5 Å². The summed E-state index contributed by atoms with van der Waals surface area (Å²) >= 11 is 0. The molecule has 9 nitrogen and oxygen atoms in total. The number of Topliss-reactive ketones (excluding diaryl/α,β-unsaturated/α-hetero) is 1. The second-order valence-corrected chi connectivity index (χ2v) is 15.1. The van der Waals surface area contributed by atoms with Gasteiger partial charge in [0.05, 0.1) is 18.1 Å². The molecule has 0 aromatic carbocycles. The summed E-state index contributed by atoms with van der Waals surface area (Å²) in [6.07, 6.45) is -0.301. The SMILES string of the molecule is C=CCOC(=O)C(O)N1C(=O)[C@@H]([C@@H](C)O[Si](C)(C)C(C)(C)C)[C@@H]1CC(=O)c1cc(CC)n(C)n1. The minimum absolute atomic E-state index is 0.0718. The number of aliphatic hydroxyl groups excluding tert-OH is 1. The molecule has 190 valence electrons. The number of hydrogen-bond donors (Lipinski definition) is 1. The molecule has 1 unspecified atom stereocenters. The van der Waals surface area contributed by atoms with Gasteiger partial charge in [0.2, 0.25) is 12.1 Å². The van der Waals surface area contributed by atoms with Crippen LogP contribution in [0.15, 0.2) is 18.7 Å². The van der Waals surface area contributed by atoms with Crippen LogP contribution in [0.1, 0.15) is 57.2 Å². The molecule has 1 N–H and O–H groups in total. The molecule has 10 heteroatoms. The Bertz CT molecular complexity index is 936. The summed E-state index contributed by atoms with van der Waals surface area (Å²) < 4.78 is 13.0. The molecule has 1 fully saturated rings. The van der Waals surface area contributed by atoms with Crippen LogP contribution in [0.4, 0.5) is 0 Å². The number of hydrogen-bond acceptors (Lipinski definition) is 7. The number of amides is 1. The number of aromatic nitrogens is 2. The number of esters is 1. The number of carbonyl (C=O) groups excluding carboxylic acids is 3. The van der Waals surface area contributed by atoms with Gasteiger partial charge in [0.25, 0.3) is 0 Å². The van der Waals surface area contributed by atoms with E-state index in [0.29, 0.717) is 5.69 Å². The molecule has 1 aliphatic rings. The van der Waals surface area contributed by atoms with E-state index in [1.54, 1.807) is 17.8 Å². The number of β-lactam (4-membered cyclic amide) rings is 1. The van der Waals surface area contributed by atoms with Crippen LogP contribution in [0, 0.1) is 5.92 Å². The summed E-state index contributed by atoms with van der Waals surface area (Å²) in [5.41, 5.74) is 1.20. The molecule has 1 aromatic rings. The predicted molar refractivity (Wildman–Crippen MR) is 131 cm³/mol. The number of ketones is 1. The van der Waals surface area contributed by atoms with Crippen molar-refractivity contribution in [2.24, 2.45) is 13.0 Å². The number of nitrogens with zero attached hydrogens (tertiary/aromatic N) is 3. The molecule has 0 aliphatic carbocycles. The van der Waals surface area contributed by atoms with Crippen LogP contribution in [-0.2, 0) is 32.2 Å². The van der Waals surface area contributed by atoms with Crippen LogP contribution >= 0.6 is 0 Å². The lowest BCUT2D eigenvalue weighted by Gasteiger charge is -2.52. The topological polar surface area (TPSA) is 111 Å². The minimum atomic E-state index is -2.21. The second-order valence-electron chi connectivity index (χ2n) is 10.3. The van der Waals surface area contributed by atoms with Gasteiger partial charge in [-0.25, -0.2) is 4.79 Å². The van der Waals surface area contributed by atoms with Crippen molar-refractivity contribution < 1.29 is 28.7 Å². The fourth-order valence-electron chi connectivity index (χ4n) is 3.94. The molecule has 0 bridgehead atoms. The summed E-state index contributed by atoms with van der Waals surface area (Å²) in [5.74, 6) is -2.35. The molecule has 2 heterocycles. The maximum absolute atomic E-state index is 13.1. The number of carbonyl (C=O) groups is 3. The summed E-state index contributed by atoms with van der Waals surface area (Å²) in [7, 11) is -0.441. The highest BCUT2D eigenvalue weighted by molar-refractivity contribution is 6.74. The Morgan fingerprint density at radius 2 is 1.97 bits per heavy atom. The van der Waals surface area contributed by atoms with Gasteiger partial charge in [-0.15, -0.1) is 0 Å². The molecule has 1 aromatic heterocycles. The summed E-state index contributed by atoms with van der Waals surface area (Å²) in [5, 5.41) is 14.8. The second kappa shape index (κ2) is 10.5. The quantitative estimate of drug-likeness (QED) is 0.166. The van der Waals surface area contributed by atoms with E-state index in [1.165, 1.54) is 6.08 Å². The molecule has 4 atom stereocenters. The van der Waals surface area contributed by atoms with E-state index in [-0.39, 0.29) is 23.8 Å². The van der Waals surface area contributed by atoms with Gasteiger partial charge >= 0.3 is 5.97 Å². The Kier molecular flexibility index (Phi) is 8.65. The van der Waals surface area contributed by atoms with Crippen molar-refractivity contribution in [2.45, 2.75) is 84.0 Å². The first-order chi connectivity index (χ1) is 15.7. The van der Waals surface area contributed by atoms with Crippen LogP contribution in [0.3, 0.4) is 0 Å². The Morgan fingerprint density at radius 1 is 1.35 bits per heavy atom. The zero-order valence-corrected chi connectivity index (χ0v) is 22.6. The summed E-state index contributed by atoms with van der Waals surface area (Å²) in [6.45, 7) is 17.7. The van der Waals surface area contributed by atoms with E-state index >= 15 is 0 Å². The number of aryl methyl sites for hydroxylation is 2. The lowest BCUT2D eigenvalue weighted by molar-refractivity contribution is -0.195. The molecular weight excluding hydrogens is 454 g/mol. The molecule has 1 saturated heterocycles. The molecule has 0 saturated carbocycles. The van der Waals surface area contributed by atoms with E-state index in [4.69, 9.17) is 9.16 Å². The Balaban J connectivity index is 2.31. The van der Waals surface area contributed by atoms with Gasteiger partial charge in [0.15, 0.2) is 14.1 Å². The first kappa shape index (κ1) is 27.9. The van der Waals surface area contributed by atoms with Crippen molar-refractivity contribution in [3.8, 4) is 0 Å². The monoisotopic (exact) mass is 493 g/mol. The molecule has 2 rings (SSSR count). The van der Waals surface area contributed by atoms with Gasteiger partial charge in [-0.1, -0.05) is 40.3 Å². The van der Waals surface area contributed by atoms with E-state index in [2.05, 4.69) is 45.5 Å². The lowest BCUT2D eigenvalue weighted by Crippen LogP contribution is -2.70. The van der Waals surface area contributed by atoms with Gasteiger partial charge in [0.1, 0.15) is 12.3 Å². The normalized spacial score (nSPS) is 20.5. The Labute approximate surface area is 203 Å². The fourth-order valence-corrected chi connectivity index (χ4v) is 5.37. The zero-order chi connectivity index (χ0) is 26.0. The van der Waals surface area contributed by atoms with E-state index < -0.39 is 44.5 Å². The maximum Gasteiger partial charge on any atom is 0.356 e. The van der Waals surface area contributed by atoms with E-state index in [0.717, 1.165) is 17.0 Å². The highest BCUT2D eigenvalue weighted by Crippen LogP contribution is 2.41. The maximum atomic E-state index is 13.1. The molecule has 1 amide bonds. The smallest absolute Gasteiger partial charge is 0.356 e. The van der Waals surface area contributed by atoms with Gasteiger partial charge in [-0.3, -0.25) is 14.3 Å². The standard InChI is InChI=1S/C24H39N3O6Si/c1-10-12-32-23(31)22(30)27-18(14-19(28)17-13-16(11-2)26(7)25-17)20(21(27)29)15(3)33-34(8,9)24(4,5)6/h10,13,15,18,20,22,30H,1,11-12,14H2,2-9H3/t15-,18+,20+,22?/m1/s1. The van der Waals surface area contributed by atoms with Crippen molar-refractivity contribution in [1.82, 2.24) is 14.7 Å². The molecule has 34 heavy (non-hydrogen) atoms. The third-order valence-corrected chi connectivity index (χ3v) is 11.5. The van der Waals surface area contributed by atoms with E-state index in [9.17, 15) is 19.5 Å². The number of aliphatic hydroxyl groups is 1. The van der Waals surface area contributed by atoms with Crippen LogP contribution in [0.5, 0.6) is 0 Å². The fraction of sp³-hybridized carbons (Fsp3) is 0.667. The largest absolute Gasteiger partial charge is 0.458 e. The molecule has 1 aliphatic heterocycles. The molecular formula is C24H39N3O6Si. The summed E-state index contributed by atoms with van der Waals surface area (Å²) in [4.78, 5) is 39.5. The van der Waals surface area contributed by atoms with Crippen LogP contribution < -0.4 is 0 Å². The number of likely N-dealkylation sites (tertiary alicyclic amines) is 1. The third kappa shape index (κ3) is 5.67.